The molecular formula is C28H30N2O7S2. The number of piperidine rings is 2. The average molecular weight is 571 g/mol. The maximum atomic E-state index is 13.2. The van der Waals surface area contributed by atoms with Crippen LogP contribution in [0.1, 0.15) is 40.1 Å². The van der Waals surface area contributed by atoms with Crippen LogP contribution in [0.3, 0.4) is 0 Å². The standard InChI is InChI=1S/C28H30N2O7S2/c1-17-25(37-15-24(31)32)27(28(33)34)38-26(17)19-8-5-9-21(12-19)29-23-13-22-11-10-20(23)14-30(22)39(35,36)16-18-6-3-2-4-7-18/h2-9,12,20,22-23,29H,10-11,13-16H2,1H3,(H,31,32)(H,33,34). The number of ether oxygens (including phenoxy) is 1. The number of anilines is 1. The highest BCUT2D eigenvalue weighted by atomic mass is 32.2. The Labute approximate surface area is 231 Å². The van der Waals surface area contributed by atoms with Crippen LogP contribution in [0.15, 0.2) is 54.6 Å². The van der Waals surface area contributed by atoms with E-state index >= 15 is 0 Å². The number of rotatable bonds is 10. The van der Waals surface area contributed by atoms with Gasteiger partial charge in [-0.1, -0.05) is 42.5 Å². The molecule has 11 heteroatoms. The highest BCUT2D eigenvalue weighted by Crippen LogP contribution is 2.43. The summed E-state index contributed by atoms with van der Waals surface area (Å²) in [5.74, 6) is -2.09. The van der Waals surface area contributed by atoms with Crippen molar-refractivity contribution in [3.8, 4) is 16.2 Å². The highest BCUT2D eigenvalue weighted by molar-refractivity contribution is 7.88. The molecule has 3 fully saturated rings. The van der Waals surface area contributed by atoms with Crippen LogP contribution in [-0.4, -0.2) is 60.1 Å². The molecule has 3 aromatic rings. The van der Waals surface area contributed by atoms with E-state index in [2.05, 4.69) is 5.32 Å². The van der Waals surface area contributed by atoms with Crippen molar-refractivity contribution >= 4 is 39.0 Å². The number of aromatic carboxylic acids is 1. The molecule has 39 heavy (non-hydrogen) atoms. The molecule has 0 radical (unpaired) electrons. The summed E-state index contributed by atoms with van der Waals surface area (Å²) in [5.41, 5.74) is 3.02. The molecule has 1 aliphatic carbocycles. The first-order valence-electron chi connectivity index (χ1n) is 12.7. The Morgan fingerprint density at radius 1 is 1.10 bits per heavy atom. The number of nitrogens with zero attached hydrogens (tertiary/aromatic N) is 1. The Balaban J connectivity index is 1.31. The van der Waals surface area contributed by atoms with E-state index in [1.54, 1.807) is 11.2 Å². The first-order chi connectivity index (χ1) is 18.6. The second-order valence-corrected chi connectivity index (χ2v) is 13.0. The van der Waals surface area contributed by atoms with E-state index in [1.807, 2.05) is 54.6 Å². The molecule has 0 amide bonds. The van der Waals surface area contributed by atoms with E-state index in [0.717, 1.165) is 47.4 Å². The lowest BCUT2D eigenvalue weighted by molar-refractivity contribution is -0.139. The second kappa shape index (κ2) is 11.0. The Hall–Kier alpha value is -3.41. The third kappa shape index (κ3) is 5.80. The number of thiophene rings is 1. The van der Waals surface area contributed by atoms with Crippen molar-refractivity contribution in [3.63, 3.8) is 0 Å². The number of aliphatic carboxylic acids is 1. The molecule has 206 valence electrons. The largest absolute Gasteiger partial charge is 0.480 e. The average Bonchev–Trinajstić information content (AvgIpc) is 3.24. The number of sulfonamides is 1. The van der Waals surface area contributed by atoms with Gasteiger partial charge in [-0.15, -0.1) is 11.3 Å². The highest BCUT2D eigenvalue weighted by Gasteiger charge is 2.45. The molecular weight excluding hydrogens is 540 g/mol. The zero-order chi connectivity index (χ0) is 27.7. The molecule has 0 spiro atoms. The molecule has 3 heterocycles. The predicted molar refractivity (Wildman–Crippen MR) is 149 cm³/mol. The van der Waals surface area contributed by atoms with Crippen LogP contribution in [0.4, 0.5) is 5.69 Å². The minimum absolute atomic E-state index is 0.00780. The second-order valence-electron chi connectivity index (χ2n) is 10.1. The van der Waals surface area contributed by atoms with Crippen LogP contribution in [-0.2, 0) is 20.6 Å². The topological polar surface area (TPSA) is 133 Å². The van der Waals surface area contributed by atoms with Gasteiger partial charge in [-0.05, 0) is 55.4 Å². The number of nitrogens with one attached hydrogen (secondary N) is 1. The van der Waals surface area contributed by atoms with Gasteiger partial charge in [0.2, 0.25) is 10.0 Å². The van der Waals surface area contributed by atoms with Gasteiger partial charge in [0.05, 0.1) is 5.75 Å². The van der Waals surface area contributed by atoms with Crippen molar-refractivity contribution in [2.75, 3.05) is 18.5 Å². The summed E-state index contributed by atoms with van der Waals surface area (Å²) in [7, 11) is -3.42. The van der Waals surface area contributed by atoms with E-state index in [0.29, 0.717) is 17.0 Å². The van der Waals surface area contributed by atoms with Gasteiger partial charge in [-0.2, -0.15) is 4.31 Å². The quantitative estimate of drug-likeness (QED) is 0.320. The molecule has 6 rings (SSSR count). The molecule has 3 unspecified atom stereocenters. The van der Waals surface area contributed by atoms with Gasteiger partial charge in [0.15, 0.2) is 11.5 Å². The van der Waals surface area contributed by atoms with Gasteiger partial charge in [-0.3, -0.25) is 0 Å². The Bertz CT molecular complexity index is 1490. The number of hydrogen-bond acceptors (Lipinski definition) is 7. The van der Waals surface area contributed by atoms with Gasteiger partial charge in [0.1, 0.15) is 5.75 Å². The summed E-state index contributed by atoms with van der Waals surface area (Å²) in [6, 6.07) is 17.0. The first-order valence-corrected chi connectivity index (χ1v) is 15.2. The Morgan fingerprint density at radius 2 is 1.87 bits per heavy atom. The van der Waals surface area contributed by atoms with Gasteiger partial charge in [0.25, 0.3) is 0 Å². The first kappa shape index (κ1) is 27.2. The summed E-state index contributed by atoms with van der Waals surface area (Å²) < 4.78 is 33.5. The van der Waals surface area contributed by atoms with Gasteiger partial charge in [0, 0.05) is 34.8 Å². The van der Waals surface area contributed by atoms with Gasteiger partial charge >= 0.3 is 11.9 Å². The number of carboxylic acid groups (broad SMARTS) is 2. The van der Waals surface area contributed by atoms with Crippen molar-refractivity contribution in [1.82, 2.24) is 4.31 Å². The minimum Gasteiger partial charge on any atom is -0.480 e. The molecule has 2 aromatic carbocycles. The summed E-state index contributed by atoms with van der Waals surface area (Å²) in [5, 5.41) is 22.2. The van der Waals surface area contributed by atoms with E-state index < -0.39 is 28.6 Å². The predicted octanol–water partition coefficient (Wildman–Crippen LogP) is 4.68. The molecule has 2 saturated heterocycles. The normalized spacial score (nSPS) is 21.0. The fourth-order valence-corrected chi connectivity index (χ4v) is 8.57. The molecule has 9 nitrogen and oxygen atoms in total. The lowest BCUT2D eigenvalue weighted by Gasteiger charge is -2.49. The molecule has 1 aromatic heterocycles. The Kier molecular flexibility index (Phi) is 7.66. The summed E-state index contributed by atoms with van der Waals surface area (Å²) in [6.45, 7) is 1.59. The number of hydrogen-bond donors (Lipinski definition) is 3. The van der Waals surface area contributed by atoms with E-state index in [-0.39, 0.29) is 34.4 Å². The fraction of sp³-hybridized carbons (Fsp3) is 0.357. The zero-order valence-corrected chi connectivity index (χ0v) is 23.0. The minimum atomic E-state index is -3.42. The summed E-state index contributed by atoms with van der Waals surface area (Å²) >= 11 is 1.05. The van der Waals surface area contributed by atoms with Crippen LogP contribution < -0.4 is 10.1 Å². The van der Waals surface area contributed by atoms with Crippen molar-refractivity contribution in [1.29, 1.82) is 0 Å². The van der Waals surface area contributed by atoms with Gasteiger partial charge < -0.3 is 20.3 Å². The third-order valence-electron chi connectivity index (χ3n) is 7.44. The van der Waals surface area contributed by atoms with Crippen LogP contribution in [0, 0.1) is 12.8 Å². The van der Waals surface area contributed by atoms with Gasteiger partial charge in [-0.25, -0.2) is 18.0 Å². The number of carbonyl (C=O) groups is 2. The Morgan fingerprint density at radius 3 is 2.54 bits per heavy atom. The van der Waals surface area contributed by atoms with Crippen molar-refractivity contribution in [2.24, 2.45) is 5.92 Å². The SMILES string of the molecule is Cc1c(-c2cccc(NC3CC4CCC3CN4S(=O)(=O)Cc3ccccc3)c2)sc(C(=O)O)c1OCC(=O)O. The molecule has 2 bridgehead atoms. The van der Waals surface area contributed by atoms with E-state index in [4.69, 9.17) is 9.84 Å². The molecule has 3 aliphatic rings. The van der Waals surface area contributed by atoms with Crippen LogP contribution in [0.2, 0.25) is 0 Å². The lowest BCUT2D eigenvalue weighted by Crippen LogP contribution is -2.57. The van der Waals surface area contributed by atoms with E-state index in [9.17, 15) is 23.1 Å². The van der Waals surface area contributed by atoms with Crippen LogP contribution in [0.25, 0.3) is 10.4 Å². The number of carboxylic acids is 2. The molecule has 1 saturated carbocycles. The van der Waals surface area contributed by atoms with Crippen LogP contribution >= 0.6 is 11.3 Å². The number of benzene rings is 2. The van der Waals surface area contributed by atoms with Crippen molar-refractivity contribution < 1.29 is 33.0 Å². The molecule has 3 N–H and O–H groups in total. The third-order valence-corrected chi connectivity index (χ3v) is 10.6. The summed E-state index contributed by atoms with van der Waals surface area (Å²) in [6.07, 6.45) is 2.52. The van der Waals surface area contributed by atoms with Crippen molar-refractivity contribution in [3.05, 3.63) is 70.6 Å². The van der Waals surface area contributed by atoms with Crippen LogP contribution in [0.5, 0.6) is 5.75 Å². The van der Waals surface area contributed by atoms with E-state index in [1.165, 1.54) is 0 Å². The molecule has 2 aliphatic heterocycles. The van der Waals surface area contributed by atoms with Crippen molar-refractivity contribution in [2.45, 2.75) is 44.0 Å². The fourth-order valence-electron chi connectivity index (χ4n) is 5.64. The maximum Gasteiger partial charge on any atom is 0.349 e. The lowest BCUT2D eigenvalue weighted by atomic mass is 9.77. The summed E-state index contributed by atoms with van der Waals surface area (Å²) in [4.78, 5) is 23.4. The molecule has 3 atom stereocenters. The monoisotopic (exact) mass is 570 g/mol. The maximum absolute atomic E-state index is 13.2. The smallest absolute Gasteiger partial charge is 0.349 e. The zero-order valence-electron chi connectivity index (χ0n) is 21.4. The number of fused-ring (bicyclic) bond motifs is 3.